The molecule has 27 heavy (non-hydrogen) atoms. The number of aliphatic hydroxyl groups is 2. The first kappa shape index (κ1) is 19.3. The minimum Gasteiger partial charge on any atom is -0.388 e. The fraction of sp³-hybridized carbons (Fsp3) is 0.714. The number of fused-ring (bicyclic) bond motifs is 5. The Morgan fingerprint density at radius 3 is 2.74 bits per heavy atom. The highest BCUT2D eigenvalue weighted by molar-refractivity contribution is 6.26. The van der Waals surface area contributed by atoms with E-state index in [4.69, 9.17) is 11.6 Å². The predicted molar refractivity (Wildman–Crippen MR) is 99.0 cm³/mol. The van der Waals surface area contributed by atoms with E-state index in [2.05, 4.69) is 0 Å². The van der Waals surface area contributed by atoms with Gasteiger partial charge >= 0.3 is 0 Å². The van der Waals surface area contributed by atoms with E-state index in [1.807, 2.05) is 19.1 Å². The number of carbonyl (C=O) groups is 2. The molecular weight excluding hydrogens is 371 g/mol. The zero-order valence-electron chi connectivity index (χ0n) is 15.7. The fourth-order valence-electron chi connectivity index (χ4n) is 6.54. The van der Waals surface area contributed by atoms with Crippen LogP contribution in [-0.4, -0.2) is 45.0 Å². The molecule has 148 valence electrons. The van der Waals surface area contributed by atoms with E-state index in [1.165, 1.54) is 0 Å². The van der Waals surface area contributed by atoms with Crippen molar-refractivity contribution in [3.05, 3.63) is 23.8 Å². The number of halogens is 2. The monoisotopic (exact) mass is 396 g/mol. The Kier molecular flexibility index (Phi) is 4.10. The quantitative estimate of drug-likeness (QED) is 0.704. The van der Waals surface area contributed by atoms with Gasteiger partial charge in [-0.1, -0.05) is 26.0 Å². The normalized spacial score (nSPS) is 51.3. The second-order valence-electron chi connectivity index (χ2n) is 9.23. The number of aliphatic hydroxyl groups excluding tert-OH is 1. The second-order valence-corrected chi connectivity index (χ2v) is 9.85. The molecule has 0 heterocycles. The van der Waals surface area contributed by atoms with Crippen molar-refractivity contribution in [3.8, 4) is 0 Å². The zero-order valence-corrected chi connectivity index (χ0v) is 16.4. The summed E-state index contributed by atoms with van der Waals surface area (Å²) in [4.78, 5) is 23.0. The Balaban J connectivity index is 1.84. The molecule has 0 aromatic heterocycles. The van der Waals surface area contributed by atoms with Crippen molar-refractivity contribution < 1.29 is 24.2 Å². The molecule has 0 radical (unpaired) electrons. The smallest absolute Gasteiger partial charge is 0.190 e. The van der Waals surface area contributed by atoms with E-state index in [9.17, 15) is 19.8 Å². The second kappa shape index (κ2) is 5.74. The number of Topliss-reactive ketones (excluding diaryl/α,β-unsaturated/α-hetero) is 1. The van der Waals surface area contributed by atoms with Gasteiger partial charge < -0.3 is 10.2 Å². The molecule has 2 fully saturated rings. The highest BCUT2D eigenvalue weighted by atomic mass is 35.5. The number of alkyl halides is 2. The minimum atomic E-state index is -1.73. The lowest BCUT2D eigenvalue weighted by atomic mass is 9.47. The molecule has 2 saturated carbocycles. The van der Waals surface area contributed by atoms with Crippen LogP contribution in [0.25, 0.3) is 0 Å². The van der Waals surface area contributed by atoms with E-state index >= 15 is 4.39 Å². The van der Waals surface area contributed by atoms with Crippen LogP contribution >= 0.6 is 11.6 Å². The van der Waals surface area contributed by atoms with Crippen molar-refractivity contribution in [1.29, 1.82) is 0 Å². The molecule has 0 amide bonds. The molecular formula is C21H26ClFO4. The Morgan fingerprint density at radius 1 is 1.37 bits per heavy atom. The average molecular weight is 397 g/mol. The summed E-state index contributed by atoms with van der Waals surface area (Å²) in [5.41, 5.74) is -2.62. The maximum absolute atomic E-state index is 15.8. The maximum atomic E-state index is 15.8. The summed E-state index contributed by atoms with van der Waals surface area (Å²) in [7, 11) is 0. The van der Waals surface area contributed by atoms with Gasteiger partial charge in [0.15, 0.2) is 11.6 Å². The number of hydrogen-bond acceptors (Lipinski definition) is 4. The van der Waals surface area contributed by atoms with Crippen LogP contribution in [-0.2, 0) is 9.59 Å². The molecule has 0 bridgehead atoms. The summed E-state index contributed by atoms with van der Waals surface area (Å²) in [6.45, 7) is 2.94. The lowest BCUT2D eigenvalue weighted by Crippen LogP contribution is -2.67. The zero-order chi connectivity index (χ0) is 19.8. The van der Waals surface area contributed by atoms with Gasteiger partial charge in [-0.3, -0.25) is 9.59 Å². The van der Waals surface area contributed by atoms with Crippen molar-refractivity contribution in [2.24, 2.45) is 22.7 Å². The van der Waals surface area contributed by atoms with Gasteiger partial charge in [-0.25, -0.2) is 4.39 Å². The molecule has 1 unspecified atom stereocenters. The lowest BCUT2D eigenvalue weighted by molar-refractivity contribution is -0.165. The lowest BCUT2D eigenvalue weighted by Gasteiger charge is -2.62. The maximum Gasteiger partial charge on any atom is 0.190 e. The van der Waals surface area contributed by atoms with Crippen LogP contribution < -0.4 is 0 Å². The number of ketones is 2. The van der Waals surface area contributed by atoms with Crippen LogP contribution in [0.4, 0.5) is 4.39 Å². The number of rotatable bonds is 2. The highest BCUT2D eigenvalue weighted by Gasteiger charge is 2.73. The van der Waals surface area contributed by atoms with Gasteiger partial charge in [-0.05, 0) is 43.3 Å². The van der Waals surface area contributed by atoms with Crippen molar-refractivity contribution in [3.63, 3.8) is 0 Å². The largest absolute Gasteiger partial charge is 0.388 e. The first-order valence-electron chi connectivity index (χ1n) is 9.67. The van der Waals surface area contributed by atoms with Crippen molar-refractivity contribution >= 4 is 23.2 Å². The molecule has 6 heteroatoms. The number of allylic oxidation sites excluding steroid dienone is 4. The minimum absolute atomic E-state index is 0.0330. The number of carbonyl (C=O) groups excluding carboxylic acids is 2. The Labute approximate surface area is 163 Å². The molecule has 4 aliphatic carbocycles. The molecule has 4 aliphatic rings. The molecule has 0 aromatic carbocycles. The van der Waals surface area contributed by atoms with Crippen LogP contribution in [0.2, 0.25) is 0 Å². The Hall–Kier alpha value is -1.04. The van der Waals surface area contributed by atoms with Gasteiger partial charge in [-0.15, -0.1) is 11.6 Å². The fourth-order valence-corrected chi connectivity index (χ4v) is 7.05. The first-order chi connectivity index (χ1) is 12.5. The molecule has 2 N–H and O–H groups in total. The van der Waals surface area contributed by atoms with Crippen molar-refractivity contribution in [2.75, 3.05) is 6.61 Å². The van der Waals surface area contributed by atoms with E-state index < -0.39 is 39.9 Å². The average Bonchev–Trinajstić information content (AvgIpc) is 2.88. The summed E-state index contributed by atoms with van der Waals surface area (Å²) >= 11 is 7.13. The van der Waals surface area contributed by atoms with Crippen LogP contribution in [0.5, 0.6) is 0 Å². The van der Waals surface area contributed by atoms with Crippen LogP contribution in [0, 0.1) is 22.7 Å². The molecule has 7 atom stereocenters. The molecule has 4 nitrogen and oxygen atoms in total. The standard InChI is InChI=1S/C21H26ClFO4/c1-18-7-5-13(25)9-12(18)3-4-15-14-6-8-20(27,17(26)11-24)19(14,2)10-16(23)21(15,18)22/h3-4,9,14-16,24,27H,5-8,10-11H2,1-2H3/t14-,15-,16?,18-,19-,20-,21-/m0/s1. The van der Waals surface area contributed by atoms with E-state index in [-0.39, 0.29) is 30.5 Å². The Morgan fingerprint density at radius 2 is 2.07 bits per heavy atom. The topological polar surface area (TPSA) is 74.6 Å². The summed E-state index contributed by atoms with van der Waals surface area (Å²) in [6, 6.07) is 0. The summed E-state index contributed by atoms with van der Waals surface area (Å²) in [5.74, 6) is -1.14. The Bertz CT molecular complexity index is 778. The third-order valence-corrected chi connectivity index (χ3v) is 9.22. The molecule has 0 aliphatic heterocycles. The molecule has 4 rings (SSSR count). The molecule has 0 saturated heterocycles. The van der Waals surface area contributed by atoms with E-state index in [1.54, 1.807) is 13.0 Å². The van der Waals surface area contributed by atoms with Crippen LogP contribution in [0.3, 0.4) is 0 Å². The molecule has 0 spiro atoms. The summed E-state index contributed by atoms with van der Waals surface area (Å²) in [5, 5.41) is 20.5. The van der Waals surface area contributed by atoms with Gasteiger partial charge in [0.05, 0.1) is 4.87 Å². The van der Waals surface area contributed by atoms with Crippen molar-refractivity contribution in [1.82, 2.24) is 0 Å². The van der Waals surface area contributed by atoms with Gasteiger partial charge in [-0.2, -0.15) is 0 Å². The van der Waals surface area contributed by atoms with E-state index in [0.717, 1.165) is 5.57 Å². The highest BCUT2D eigenvalue weighted by Crippen LogP contribution is 2.70. The van der Waals surface area contributed by atoms with Gasteiger partial charge in [0.1, 0.15) is 18.4 Å². The SMILES string of the molecule is C[C@]12CCC(=O)C=C1C=C[C@H]1[C@@H]3CC[C@](O)(C(=O)CO)[C@@]3(C)CC(F)[C@@]12Cl. The summed E-state index contributed by atoms with van der Waals surface area (Å²) < 4.78 is 15.8. The number of hydrogen-bond donors (Lipinski definition) is 2. The van der Waals surface area contributed by atoms with Crippen LogP contribution in [0.15, 0.2) is 23.8 Å². The van der Waals surface area contributed by atoms with Crippen molar-refractivity contribution in [2.45, 2.75) is 62.6 Å². The van der Waals surface area contributed by atoms with Gasteiger partial charge in [0, 0.05) is 23.2 Å². The van der Waals surface area contributed by atoms with Crippen LogP contribution in [0.1, 0.15) is 46.0 Å². The van der Waals surface area contributed by atoms with E-state index in [0.29, 0.717) is 19.3 Å². The predicted octanol–water partition coefficient (Wildman–Crippen LogP) is 2.90. The molecule has 0 aromatic rings. The summed E-state index contributed by atoms with van der Waals surface area (Å²) in [6.07, 6.45) is 5.44. The van der Waals surface area contributed by atoms with Gasteiger partial charge in [0.25, 0.3) is 0 Å². The first-order valence-corrected chi connectivity index (χ1v) is 10.0. The third-order valence-electron chi connectivity index (χ3n) is 8.32. The van der Waals surface area contributed by atoms with Gasteiger partial charge in [0.2, 0.25) is 0 Å². The third kappa shape index (κ3) is 2.11.